The highest BCUT2D eigenvalue weighted by Crippen LogP contribution is 1.97. The van der Waals surface area contributed by atoms with Crippen LogP contribution in [0.4, 0.5) is 4.79 Å². The second-order valence-electron chi connectivity index (χ2n) is 0.374. The highest BCUT2D eigenvalue weighted by atomic mass is 32.1. The fraction of sp³-hybridized carbons (Fsp3) is 0. The van der Waals surface area contributed by atoms with E-state index in [4.69, 9.17) is 0 Å². The fourth-order valence-corrected chi connectivity index (χ4v) is 0. The molecule has 0 saturated carbocycles. The normalized spacial score (nSPS) is 8.20. The van der Waals surface area contributed by atoms with E-state index < -0.39 is 13.3 Å². The summed E-state index contributed by atoms with van der Waals surface area (Å²) in [6, 6.07) is 0. The molecule has 0 bridgehead atoms. The number of carbonyl (C=O) groups is 1. The molecule has 0 saturated heterocycles. The Morgan fingerprint density at radius 3 is 2.00 bits per heavy atom. The molecule has 0 radical (unpaired) electrons. The first-order valence-corrected chi connectivity index (χ1v) is 2.09. The van der Waals surface area contributed by atoms with Crippen molar-refractivity contribution in [3.8, 4) is 0 Å². The Labute approximate surface area is 36.2 Å². The topological polar surface area (TPSA) is 34.1 Å². The van der Waals surface area contributed by atoms with Gasteiger partial charge in [0, 0.05) is 0 Å². The Kier molecular flexibility index (Phi) is 2.42. The van der Waals surface area contributed by atoms with Gasteiger partial charge in [0.2, 0.25) is 8.46 Å². The molecular formula is CHO2PS. The van der Waals surface area contributed by atoms with Crippen molar-refractivity contribution in [3.05, 3.63) is 0 Å². The molecule has 2 nitrogen and oxygen atoms in total. The van der Waals surface area contributed by atoms with Crippen LogP contribution >= 0.6 is 21.1 Å². The van der Waals surface area contributed by atoms with Crippen LogP contribution in [0.3, 0.4) is 0 Å². The standard InChI is InChI=1S/CHO2PS/c2-1(5)4-3/h(H,2,5). The van der Waals surface area contributed by atoms with Gasteiger partial charge in [-0.3, -0.25) is 9.36 Å². The van der Waals surface area contributed by atoms with Gasteiger partial charge in [0.25, 0.3) is 4.86 Å². The molecule has 0 atom stereocenters. The van der Waals surface area contributed by atoms with E-state index in [1.165, 1.54) is 0 Å². The first-order chi connectivity index (χ1) is 2.27. The largest absolute Gasteiger partial charge is 0.276 e. The molecule has 0 unspecified atom stereocenters. The first-order valence-electron chi connectivity index (χ1n) is 0.834. The van der Waals surface area contributed by atoms with Gasteiger partial charge >= 0.3 is 0 Å². The first kappa shape index (κ1) is 5.12. The molecule has 0 spiro atoms. The van der Waals surface area contributed by atoms with Gasteiger partial charge in [-0.15, -0.1) is 0 Å². The SMILES string of the molecule is O=PC(=O)S. The molecule has 0 amide bonds. The molecule has 0 aliphatic heterocycles. The number of hydrogen-bond acceptors (Lipinski definition) is 2. The molecule has 0 aliphatic rings. The van der Waals surface area contributed by atoms with Gasteiger partial charge in [0.05, 0.1) is 0 Å². The van der Waals surface area contributed by atoms with Gasteiger partial charge < -0.3 is 0 Å². The number of hydrogen-bond donors (Lipinski definition) is 1. The van der Waals surface area contributed by atoms with Crippen LogP contribution in [-0.2, 0) is 4.57 Å². The van der Waals surface area contributed by atoms with Crippen LogP contribution in [0.25, 0.3) is 0 Å². The molecule has 4 heteroatoms. The van der Waals surface area contributed by atoms with Crippen LogP contribution in [0.15, 0.2) is 0 Å². The number of rotatable bonds is 1. The molecule has 0 aliphatic carbocycles. The van der Waals surface area contributed by atoms with Crippen molar-refractivity contribution in [2.45, 2.75) is 0 Å². The Bertz CT molecular complexity index is 60.7. The smallest absolute Gasteiger partial charge is 0.273 e. The second-order valence-corrected chi connectivity index (χ2v) is 1.72. The third-order valence-corrected chi connectivity index (χ3v) is 0.479. The molecule has 0 N–H and O–H groups in total. The molecule has 0 aromatic heterocycles. The lowest BCUT2D eigenvalue weighted by molar-refractivity contribution is 0.276. The van der Waals surface area contributed by atoms with Crippen molar-refractivity contribution in [1.29, 1.82) is 0 Å². The van der Waals surface area contributed by atoms with E-state index in [0.717, 1.165) is 0 Å². The maximum Gasteiger partial charge on any atom is 0.276 e. The predicted molar refractivity (Wildman–Crippen MR) is 22.0 cm³/mol. The van der Waals surface area contributed by atoms with Crippen molar-refractivity contribution < 1.29 is 9.36 Å². The number of thiol groups is 1. The zero-order valence-electron chi connectivity index (χ0n) is 2.21. The van der Waals surface area contributed by atoms with Crippen molar-refractivity contribution in [1.82, 2.24) is 0 Å². The van der Waals surface area contributed by atoms with Gasteiger partial charge in [-0.25, -0.2) is 0 Å². The Morgan fingerprint density at radius 2 is 2.00 bits per heavy atom. The second kappa shape index (κ2) is 2.36. The van der Waals surface area contributed by atoms with E-state index in [-0.39, 0.29) is 0 Å². The molecule has 28 valence electrons. The minimum absolute atomic E-state index is 0.528. The molecule has 5 heavy (non-hydrogen) atoms. The van der Waals surface area contributed by atoms with Crippen LogP contribution in [0.2, 0.25) is 0 Å². The van der Waals surface area contributed by atoms with Gasteiger partial charge in [-0.2, -0.15) is 0 Å². The summed E-state index contributed by atoms with van der Waals surface area (Å²) < 4.78 is 9.18. The minimum atomic E-state index is -0.634. The fourth-order valence-electron chi connectivity index (χ4n) is 0. The average molecular weight is 108 g/mol. The maximum atomic E-state index is 9.35. The molecule has 0 heterocycles. The van der Waals surface area contributed by atoms with Crippen LogP contribution in [-0.4, -0.2) is 4.86 Å². The van der Waals surface area contributed by atoms with E-state index in [9.17, 15) is 9.36 Å². The zero-order valence-corrected chi connectivity index (χ0v) is 4.00. The van der Waals surface area contributed by atoms with Crippen LogP contribution in [0, 0.1) is 0 Å². The van der Waals surface area contributed by atoms with Crippen molar-refractivity contribution in [2.75, 3.05) is 0 Å². The summed E-state index contributed by atoms with van der Waals surface area (Å²) in [4.78, 5) is 8.72. The van der Waals surface area contributed by atoms with Gasteiger partial charge in [-0.1, -0.05) is 12.6 Å². The average Bonchev–Trinajstić information content (AvgIpc) is 1.38. The minimum Gasteiger partial charge on any atom is -0.273 e. The summed E-state index contributed by atoms with van der Waals surface area (Å²) in [5.74, 6) is 0. The van der Waals surface area contributed by atoms with Crippen LogP contribution in [0.5, 0.6) is 0 Å². The zero-order chi connectivity index (χ0) is 4.28. The molecule has 0 fully saturated rings. The van der Waals surface area contributed by atoms with E-state index in [1.54, 1.807) is 0 Å². The molecule has 0 aromatic rings. The highest BCUT2D eigenvalue weighted by Gasteiger charge is 1.80. The lowest BCUT2D eigenvalue weighted by Crippen LogP contribution is -1.50. The predicted octanol–water partition coefficient (Wildman–Crippen LogP) is 1.33. The van der Waals surface area contributed by atoms with Crippen LogP contribution < -0.4 is 0 Å². The Morgan fingerprint density at radius 1 is 1.80 bits per heavy atom. The summed E-state index contributed by atoms with van der Waals surface area (Å²) in [5.41, 5.74) is 0. The third-order valence-electron chi connectivity index (χ3n) is 0.0781. The van der Waals surface area contributed by atoms with Crippen LogP contribution in [0.1, 0.15) is 0 Å². The summed E-state index contributed by atoms with van der Waals surface area (Å²) in [7, 11) is -0.528. The Hall–Kier alpha value is 0.120. The summed E-state index contributed by atoms with van der Waals surface area (Å²) in [6.45, 7) is 0. The summed E-state index contributed by atoms with van der Waals surface area (Å²) in [5, 5.41) is 0. The van der Waals surface area contributed by atoms with Gasteiger partial charge in [0.15, 0.2) is 0 Å². The lowest BCUT2D eigenvalue weighted by Gasteiger charge is -1.53. The molecule has 0 rings (SSSR count). The maximum absolute atomic E-state index is 9.35. The van der Waals surface area contributed by atoms with Crippen molar-refractivity contribution >= 4 is 25.9 Å². The summed E-state index contributed by atoms with van der Waals surface area (Å²) >= 11 is 3.13. The third kappa shape index (κ3) is 4.12. The quantitative estimate of drug-likeness (QED) is 0.406. The summed E-state index contributed by atoms with van der Waals surface area (Å²) in [6.07, 6.45) is 0. The monoisotopic (exact) mass is 108 g/mol. The molecular weight excluding hydrogens is 107 g/mol. The number of carbonyl (C=O) groups excluding carboxylic acids is 1. The Balaban J connectivity index is 3.20. The van der Waals surface area contributed by atoms with Crippen molar-refractivity contribution in [2.24, 2.45) is 0 Å². The van der Waals surface area contributed by atoms with Gasteiger partial charge in [-0.05, 0) is 0 Å². The van der Waals surface area contributed by atoms with E-state index in [0.29, 0.717) is 0 Å². The van der Waals surface area contributed by atoms with E-state index >= 15 is 0 Å². The molecule has 0 aromatic carbocycles. The van der Waals surface area contributed by atoms with E-state index in [2.05, 4.69) is 12.6 Å². The van der Waals surface area contributed by atoms with Gasteiger partial charge in [0.1, 0.15) is 0 Å². The highest BCUT2D eigenvalue weighted by molar-refractivity contribution is 8.07. The van der Waals surface area contributed by atoms with Crippen molar-refractivity contribution in [3.63, 3.8) is 0 Å². The lowest BCUT2D eigenvalue weighted by atomic mass is 11.8. The van der Waals surface area contributed by atoms with E-state index in [1.807, 2.05) is 0 Å².